The number of hydrogen-bond acceptors (Lipinski definition) is 5. The Hall–Kier alpha value is -1.73. The molecule has 1 fully saturated rings. The van der Waals surface area contributed by atoms with Gasteiger partial charge in [-0.15, -0.1) is 11.3 Å². The third-order valence-electron chi connectivity index (χ3n) is 4.98. The van der Waals surface area contributed by atoms with Crippen molar-refractivity contribution >= 4 is 17.2 Å². The van der Waals surface area contributed by atoms with Gasteiger partial charge >= 0.3 is 0 Å². The summed E-state index contributed by atoms with van der Waals surface area (Å²) in [6.07, 6.45) is 8.14. The topological polar surface area (TPSA) is 54.3 Å². The number of aromatic nitrogens is 3. The quantitative estimate of drug-likeness (QED) is 0.806. The highest BCUT2D eigenvalue weighted by Gasteiger charge is 2.26. The molecular formula is C19H29N5OS. The first-order chi connectivity index (χ1) is 12.3. The average molecular weight is 376 g/mol. The highest BCUT2D eigenvalue weighted by molar-refractivity contribution is 7.09. The van der Waals surface area contributed by atoms with Gasteiger partial charge in [-0.25, -0.2) is 0 Å². The van der Waals surface area contributed by atoms with Crippen molar-refractivity contribution in [2.24, 2.45) is 0 Å². The van der Waals surface area contributed by atoms with Crippen LogP contribution >= 0.6 is 11.3 Å². The van der Waals surface area contributed by atoms with Crippen LogP contribution in [0, 0.1) is 0 Å². The molecule has 3 heterocycles. The maximum atomic E-state index is 11.6. The number of carbonyl (C=O) groups excluding carboxylic acids is 1. The van der Waals surface area contributed by atoms with Crippen LogP contribution in [0.4, 0.5) is 0 Å². The normalized spacial score (nSPS) is 16.4. The van der Waals surface area contributed by atoms with E-state index in [0.29, 0.717) is 6.04 Å². The van der Waals surface area contributed by atoms with E-state index in [-0.39, 0.29) is 11.4 Å². The van der Waals surface area contributed by atoms with Crippen molar-refractivity contribution in [3.63, 3.8) is 0 Å². The summed E-state index contributed by atoms with van der Waals surface area (Å²) in [5.41, 5.74) is 3.12. The van der Waals surface area contributed by atoms with Crippen LogP contribution in [0.1, 0.15) is 51.0 Å². The second-order valence-corrected chi connectivity index (χ2v) is 9.04. The zero-order valence-corrected chi connectivity index (χ0v) is 17.0. The lowest BCUT2D eigenvalue weighted by molar-refractivity contribution is -0.130. The van der Waals surface area contributed by atoms with E-state index >= 15 is 0 Å². The minimum absolute atomic E-state index is 0.00637. The Morgan fingerprint density at radius 2 is 2.00 bits per heavy atom. The van der Waals surface area contributed by atoms with Gasteiger partial charge in [0.15, 0.2) is 0 Å². The van der Waals surface area contributed by atoms with Crippen LogP contribution in [0.3, 0.4) is 0 Å². The van der Waals surface area contributed by atoms with Crippen LogP contribution in [-0.4, -0.2) is 49.6 Å². The lowest BCUT2D eigenvalue weighted by atomic mass is 10.0. The number of piperidine rings is 1. The summed E-state index contributed by atoms with van der Waals surface area (Å²) in [7, 11) is 0. The van der Waals surface area contributed by atoms with Gasteiger partial charge in [0.1, 0.15) is 0 Å². The van der Waals surface area contributed by atoms with Gasteiger partial charge in [-0.3, -0.25) is 19.4 Å². The molecule has 3 rings (SSSR count). The molecule has 6 nitrogen and oxygen atoms in total. The van der Waals surface area contributed by atoms with Crippen molar-refractivity contribution in [3.8, 4) is 0 Å². The SMILES string of the molecule is CC(=O)N1CCC(N(Cc2cnn(C(C)(C)C)c2)Cc2cncs2)CC1. The highest BCUT2D eigenvalue weighted by Crippen LogP contribution is 2.23. The molecule has 1 aliphatic heterocycles. The smallest absolute Gasteiger partial charge is 0.219 e. The van der Waals surface area contributed by atoms with Crippen LogP contribution in [0.15, 0.2) is 24.1 Å². The number of thiazole rings is 1. The standard InChI is InChI=1S/C19H29N5OS/c1-15(25)22-7-5-17(6-8-22)23(13-18-10-20-14-26-18)11-16-9-21-24(12-16)19(2,3)4/h9-10,12,14,17H,5-8,11,13H2,1-4H3. The molecule has 0 aliphatic carbocycles. The summed E-state index contributed by atoms with van der Waals surface area (Å²) in [5.74, 6) is 0.184. The molecule has 1 saturated heterocycles. The maximum Gasteiger partial charge on any atom is 0.219 e. The summed E-state index contributed by atoms with van der Waals surface area (Å²) in [6.45, 7) is 11.6. The molecule has 0 saturated carbocycles. The second kappa shape index (κ2) is 7.88. The minimum Gasteiger partial charge on any atom is -0.343 e. The van der Waals surface area contributed by atoms with Gasteiger partial charge in [0.25, 0.3) is 0 Å². The van der Waals surface area contributed by atoms with E-state index in [9.17, 15) is 4.79 Å². The predicted octanol–water partition coefficient (Wildman–Crippen LogP) is 3.11. The monoisotopic (exact) mass is 375 g/mol. The van der Waals surface area contributed by atoms with Crippen molar-refractivity contribution in [1.29, 1.82) is 0 Å². The Kier molecular flexibility index (Phi) is 5.77. The largest absolute Gasteiger partial charge is 0.343 e. The second-order valence-electron chi connectivity index (χ2n) is 8.07. The summed E-state index contributed by atoms with van der Waals surface area (Å²) in [5, 5.41) is 4.55. The molecule has 0 unspecified atom stereocenters. The Labute approximate surface area is 159 Å². The molecule has 0 N–H and O–H groups in total. The van der Waals surface area contributed by atoms with Crippen molar-refractivity contribution in [3.05, 3.63) is 34.5 Å². The molecule has 0 atom stereocenters. The Morgan fingerprint density at radius 3 is 2.54 bits per heavy atom. The first-order valence-electron chi connectivity index (χ1n) is 9.24. The molecule has 0 aromatic carbocycles. The Bertz CT molecular complexity index is 711. The van der Waals surface area contributed by atoms with Gasteiger partial charge in [0.05, 0.1) is 17.2 Å². The Morgan fingerprint density at radius 1 is 1.27 bits per heavy atom. The van der Waals surface area contributed by atoms with E-state index in [1.165, 1.54) is 10.4 Å². The van der Waals surface area contributed by atoms with Gasteiger partial charge < -0.3 is 4.90 Å². The number of hydrogen-bond donors (Lipinski definition) is 0. The van der Waals surface area contributed by atoms with Crippen LogP contribution in [0.2, 0.25) is 0 Å². The lowest BCUT2D eigenvalue weighted by Crippen LogP contribution is -2.45. The van der Waals surface area contributed by atoms with Crippen LogP contribution in [0.5, 0.6) is 0 Å². The first-order valence-corrected chi connectivity index (χ1v) is 10.1. The zero-order valence-electron chi connectivity index (χ0n) is 16.2. The summed E-state index contributed by atoms with van der Waals surface area (Å²) < 4.78 is 2.03. The molecule has 142 valence electrons. The third-order valence-corrected chi connectivity index (χ3v) is 5.74. The predicted molar refractivity (Wildman–Crippen MR) is 104 cm³/mol. The van der Waals surface area contributed by atoms with Gasteiger partial charge in [-0.2, -0.15) is 5.10 Å². The molecule has 1 aliphatic rings. The van der Waals surface area contributed by atoms with E-state index in [1.54, 1.807) is 18.3 Å². The lowest BCUT2D eigenvalue weighted by Gasteiger charge is -2.38. The molecule has 1 amide bonds. The fraction of sp³-hybridized carbons (Fsp3) is 0.632. The summed E-state index contributed by atoms with van der Waals surface area (Å²) >= 11 is 1.70. The van der Waals surface area contributed by atoms with E-state index in [1.807, 2.05) is 27.5 Å². The number of nitrogens with zero attached hydrogens (tertiary/aromatic N) is 5. The Balaban J connectivity index is 1.71. The number of amides is 1. The third kappa shape index (κ3) is 4.71. The molecule has 2 aromatic heterocycles. The minimum atomic E-state index is -0.00637. The number of carbonyl (C=O) groups is 1. The van der Waals surface area contributed by atoms with Crippen molar-refractivity contribution < 1.29 is 4.79 Å². The van der Waals surface area contributed by atoms with Crippen LogP contribution < -0.4 is 0 Å². The van der Waals surface area contributed by atoms with Gasteiger partial charge in [0.2, 0.25) is 5.91 Å². The zero-order chi connectivity index (χ0) is 18.7. The molecule has 7 heteroatoms. The van der Waals surface area contributed by atoms with E-state index in [0.717, 1.165) is 39.0 Å². The van der Waals surface area contributed by atoms with Crippen molar-refractivity contribution in [2.45, 2.75) is 65.2 Å². The fourth-order valence-electron chi connectivity index (χ4n) is 3.42. The fourth-order valence-corrected chi connectivity index (χ4v) is 4.04. The molecule has 0 spiro atoms. The molecule has 0 bridgehead atoms. The highest BCUT2D eigenvalue weighted by atomic mass is 32.1. The maximum absolute atomic E-state index is 11.6. The molecule has 26 heavy (non-hydrogen) atoms. The van der Waals surface area contributed by atoms with Crippen LogP contribution in [-0.2, 0) is 23.4 Å². The molecule has 0 radical (unpaired) electrons. The van der Waals surface area contributed by atoms with Crippen molar-refractivity contribution in [2.75, 3.05) is 13.1 Å². The van der Waals surface area contributed by atoms with Crippen LogP contribution in [0.25, 0.3) is 0 Å². The van der Waals surface area contributed by atoms with Gasteiger partial charge in [-0.05, 0) is 33.6 Å². The summed E-state index contributed by atoms with van der Waals surface area (Å²) in [6, 6.07) is 0.477. The number of likely N-dealkylation sites (tertiary alicyclic amines) is 1. The molecule has 2 aromatic rings. The number of rotatable bonds is 5. The van der Waals surface area contributed by atoms with E-state index in [4.69, 9.17) is 0 Å². The van der Waals surface area contributed by atoms with Gasteiger partial charge in [0, 0.05) is 62.0 Å². The summed E-state index contributed by atoms with van der Waals surface area (Å²) in [4.78, 5) is 21.6. The van der Waals surface area contributed by atoms with E-state index in [2.05, 4.69) is 42.0 Å². The molecular weight excluding hydrogens is 346 g/mol. The average Bonchev–Trinajstić information content (AvgIpc) is 3.25. The van der Waals surface area contributed by atoms with Crippen molar-refractivity contribution in [1.82, 2.24) is 24.6 Å². The van der Waals surface area contributed by atoms with E-state index < -0.39 is 0 Å². The first kappa shape index (κ1) is 19.0. The van der Waals surface area contributed by atoms with Gasteiger partial charge in [-0.1, -0.05) is 0 Å².